The molecule has 1 aliphatic carbocycles. The van der Waals surface area contributed by atoms with Gasteiger partial charge < -0.3 is 10.2 Å². The molecule has 2 amide bonds. The number of aryl methyl sites for hydroxylation is 1. The Labute approximate surface area is 146 Å². The van der Waals surface area contributed by atoms with Gasteiger partial charge in [0.15, 0.2) is 0 Å². The molecule has 0 aromatic heterocycles. The van der Waals surface area contributed by atoms with E-state index in [0.717, 1.165) is 11.3 Å². The van der Waals surface area contributed by atoms with Crippen LogP contribution in [0, 0.1) is 18.2 Å². The van der Waals surface area contributed by atoms with Crippen molar-refractivity contribution in [3.63, 3.8) is 0 Å². The second kappa shape index (κ2) is 6.67. The largest absolute Gasteiger partial charge is 0.325 e. The Morgan fingerprint density at radius 3 is 2.48 bits per heavy atom. The number of carbonyl (C=O) groups excluding carboxylic acids is 2. The molecule has 0 atom stereocenters. The van der Waals surface area contributed by atoms with E-state index >= 15 is 0 Å². The van der Waals surface area contributed by atoms with Crippen molar-refractivity contribution >= 4 is 23.2 Å². The smallest absolute Gasteiger partial charge is 0.242 e. The van der Waals surface area contributed by atoms with Gasteiger partial charge >= 0.3 is 0 Å². The van der Waals surface area contributed by atoms with Crippen LogP contribution in [0.2, 0.25) is 0 Å². The van der Waals surface area contributed by atoms with Crippen LogP contribution in [0.1, 0.15) is 25.3 Å². The zero-order valence-electron chi connectivity index (χ0n) is 14.4. The number of amides is 2. The zero-order chi connectivity index (χ0) is 18.0. The fourth-order valence-corrected chi connectivity index (χ4v) is 2.98. The second-order valence-electron chi connectivity index (χ2n) is 6.43. The molecule has 1 aliphatic rings. The van der Waals surface area contributed by atoms with E-state index in [9.17, 15) is 14.0 Å². The fraction of sp³-hybridized carbons (Fsp3) is 0.300. The summed E-state index contributed by atoms with van der Waals surface area (Å²) in [7, 11) is 0. The van der Waals surface area contributed by atoms with Crippen LogP contribution in [0.5, 0.6) is 0 Å². The van der Waals surface area contributed by atoms with Crippen LogP contribution in [0.4, 0.5) is 15.8 Å². The summed E-state index contributed by atoms with van der Waals surface area (Å²) >= 11 is 0. The average molecular weight is 340 g/mol. The van der Waals surface area contributed by atoms with Gasteiger partial charge in [0.05, 0.1) is 0 Å². The summed E-state index contributed by atoms with van der Waals surface area (Å²) < 4.78 is 13.3. The van der Waals surface area contributed by atoms with Crippen molar-refractivity contribution in [3.8, 4) is 0 Å². The molecule has 0 saturated heterocycles. The summed E-state index contributed by atoms with van der Waals surface area (Å²) in [5.41, 5.74) is 1.16. The number of hydrogen-bond donors (Lipinski definition) is 1. The van der Waals surface area contributed by atoms with Crippen LogP contribution >= 0.6 is 0 Å². The number of benzene rings is 2. The number of anilines is 2. The zero-order valence-corrected chi connectivity index (χ0v) is 14.4. The number of carbonyl (C=O) groups is 2. The highest BCUT2D eigenvalue weighted by molar-refractivity contribution is 6.17. The van der Waals surface area contributed by atoms with Crippen molar-refractivity contribution in [1.82, 2.24) is 0 Å². The monoisotopic (exact) mass is 340 g/mol. The molecule has 1 fully saturated rings. The lowest BCUT2D eigenvalue weighted by Crippen LogP contribution is -2.43. The summed E-state index contributed by atoms with van der Waals surface area (Å²) in [6.45, 7) is 4.34. The molecule has 3 rings (SSSR count). The van der Waals surface area contributed by atoms with E-state index in [1.807, 2.05) is 38.1 Å². The molecule has 0 unspecified atom stereocenters. The van der Waals surface area contributed by atoms with Gasteiger partial charge in [-0.2, -0.15) is 0 Å². The van der Waals surface area contributed by atoms with Crippen LogP contribution in [-0.4, -0.2) is 18.4 Å². The molecule has 0 heterocycles. The highest BCUT2D eigenvalue weighted by atomic mass is 19.1. The predicted molar refractivity (Wildman–Crippen MR) is 95.9 cm³/mol. The summed E-state index contributed by atoms with van der Waals surface area (Å²) in [6.07, 6.45) is 1.02. The van der Waals surface area contributed by atoms with E-state index in [1.165, 1.54) is 18.2 Å². The number of nitrogens with one attached hydrogen (secondary N) is 1. The standard InChI is InChI=1S/C20H21FN2O2/c1-3-23(17-9-4-6-14(2)12-17)19(25)20(10-11-20)18(24)22-16-8-5-7-15(21)13-16/h4-9,12-13H,3,10-11H2,1-2H3,(H,22,24). The van der Waals surface area contributed by atoms with Gasteiger partial charge in [-0.1, -0.05) is 18.2 Å². The van der Waals surface area contributed by atoms with Crippen molar-refractivity contribution in [2.45, 2.75) is 26.7 Å². The fourth-order valence-electron chi connectivity index (χ4n) is 2.98. The predicted octanol–water partition coefficient (Wildman–Crippen LogP) is 3.91. The number of rotatable bonds is 5. The minimum absolute atomic E-state index is 0.200. The lowest BCUT2D eigenvalue weighted by atomic mass is 10.0. The molecule has 1 N–H and O–H groups in total. The molecular weight excluding hydrogens is 319 g/mol. The maximum absolute atomic E-state index is 13.3. The van der Waals surface area contributed by atoms with Gasteiger partial charge in [0.25, 0.3) is 0 Å². The van der Waals surface area contributed by atoms with Crippen molar-refractivity contribution in [1.29, 1.82) is 0 Å². The molecule has 1 saturated carbocycles. The molecule has 0 bridgehead atoms. The third-order valence-electron chi connectivity index (χ3n) is 4.55. The first-order chi connectivity index (χ1) is 12.0. The Morgan fingerprint density at radius 1 is 1.16 bits per heavy atom. The minimum atomic E-state index is -1.05. The molecule has 0 radical (unpaired) electrons. The van der Waals surface area contributed by atoms with Gasteiger partial charge in [0.2, 0.25) is 11.8 Å². The summed E-state index contributed by atoms with van der Waals surface area (Å²) in [5.74, 6) is -0.993. The van der Waals surface area contributed by atoms with Crippen LogP contribution in [0.25, 0.3) is 0 Å². The van der Waals surface area contributed by atoms with Gasteiger partial charge in [-0.3, -0.25) is 9.59 Å². The molecule has 0 aliphatic heterocycles. The van der Waals surface area contributed by atoms with Gasteiger partial charge in [-0.25, -0.2) is 4.39 Å². The molecule has 130 valence electrons. The third-order valence-corrected chi connectivity index (χ3v) is 4.55. The van der Waals surface area contributed by atoms with Gasteiger partial charge in [0.1, 0.15) is 11.2 Å². The quantitative estimate of drug-likeness (QED) is 0.839. The van der Waals surface area contributed by atoms with Crippen molar-refractivity contribution in [2.24, 2.45) is 5.41 Å². The third kappa shape index (κ3) is 3.40. The first-order valence-electron chi connectivity index (χ1n) is 8.42. The molecule has 5 heteroatoms. The molecular formula is C20H21FN2O2. The highest BCUT2D eigenvalue weighted by Crippen LogP contribution is 2.48. The topological polar surface area (TPSA) is 49.4 Å². The Morgan fingerprint density at radius 2 is 1.88 bits per heavy atom. The van der Waals surface area contributed by atoms with E-state index < -0.39 is 11.2 Å². The lowest BCUT2D eigenvalue weighted by molar-refractivity contribution is -0.132. The van der Waals surface area contributed by atoms with Crippen LogP contribution in [-0.2, 0) is 9.59 Å². The maximum atomic E-state index is 13.3. The number of nitrogens with zero attached hydrogens (tertiary/aromatic N) is 1. The molecule has 25 heavy (non-hydrogen) atoms. The first kappa shape index (κ1) is 17.1. The molecule has 0 spiro atoms. The Hall–Kier alpha value is -2.69. The van der Waals surface area contributed by atoms with Crippen molar-refractivity contribution in [3.05, 3.63) is 59.9 Å². The van der Waals surface area contributed by atoms with E-state index in [4.69, 9.17) is 0 Å². The summed E-state index contributed by atoms with van der Waals surface area (Å²) in [6, 6.07) is 13.4. The van der Waals surface area contributed by atoms with Gasteiger partial charge in [-0.15, -0.1) is 0 Å². The summed E-state index contributed by atoms with van der Waals surface area (Å²) in [5, 5.41) is 2.68. The minimum Gasteiger partial charge on any atom is -0.325 e. The van der Waals surface area contributed by atoms with Crippen LogP contribution in [0.15, 0.2) is 48.5 Å². The molecule has 2 aromatic carbocycles. The molecule has 2 aromatic rings. The van der Waals surface area contributed by atoms with Gasteiger partial charge in [-0.05, 0) is 62.6 Å². The lowest BCUT2D eigenvalue weighted by Gasteiger charge is -2.26. The number of halogens is 1. The Balaban J connectivity index is 1.81. The molecule has 4 nitrogen and oxygen atoms in total. The van der Waals surface area contributed by atoms with Crippen LogP contribution in [0.3, 0.4) is 0 Å². The van der Waals surface area contributed by atoms with Gasteiger partial charge in [0, 0.05) is 17.9 Å². The second-order valence-corrected chi connectivity index (χ2v) is 6.43. The van der Waals surface area contributed by atoms with E-state index in [-0.39, 0.29) is 11.8 Å². The Kier molecular flexibility index (Phi) is 4.57. The van der Waals surface area contributed by atoms with Crippen molar-refractivity contribution < 1.29 is 14.0 Å². The SMILES string of the molecule is CCN(C(=O)C1(C(=O)Nc2cccc(F)c2)CC1)c1cccc(C)c1. The van der Waals surface area contributed by atoms with Crippen LogP contribution < -0.4 is 10.2 Å². The van der Waals surface area contributed by atoms with E-state index in [1.54, 1.807) is 11.0 Å². The number of hydrogen-bond acceptors (Lipinski definition) is 2. The first-order valence-corrected chi connectivity index (χ1v) is 8.42. The highest BCUT2D eigenvalue weighted by Gasteiger charge is 2.58. The maximum Gasteiger partial charge on any atom is 0.242 e. The van der Waals surface area contributed by atoms with E-state index in [0.29, 0.717) is 25.1 Å². The average Bonchev–Trinajstić information content (AvgIpc) is 3.37. The van der Waals surface area contributed by atoms with E-state index in [2.05, 4.69) is 5.32 Å². The Bertz CT molecular complexity index is 815. The van der Waals surface area contributed by atoms with Crippen molar-refractivity contribution in [2.75, 3.05) is 16.8 Å². The normalized spacial score (nSPS) is 14.7. The summed E-state index contributed by atoms with van der Waals surface area (Å²) in [4.78, 5) is 27.4.